The van der Waals surface area contributed by atoms with Crippen LogP contribution >= 0.6 is 0 Å². The van der Waals surface area contributed by atoms with Crippen LogP contribution in [0.25, 0.3) is 5.76 Å². The van der Waals surface area contributed by atoms with Crippen molar-refractivity contribution in [3.05, 3.63) is 58.9 Å². The summed E-state index contributed by atoms with van der Waals surface area (Å²) in [6, 6.07) is 7.66. The highest BCUT2D eigenvalue weighted by Crippen LogP contribution is 2.46. The maximum atomic E-state index is 14.0. The van der Waals surface area contributed by atoms with Crippen LogP contribution in [0.2, 0.25) is 0 Å². The van der Waals surface area contributed by atoms with E-state index in [9.17, 15) is 19.1 Å². The van der Waals surface area contributed by atoms with E-state index < -0.39 is 29.3 Å². The van der Waals surface area contributed by atoms with Crippen LogP contribution in [0.3, 0.4) is 0 Å². The molecule has 3 rings (SSSR count). The van der Waals surface area contributed by atoms with Crippen molar-refractivity contribution in [3.8, 4) is 17.2 Å². The number of halogens is 1. The summed E-state index contributed by atoms with van der Waals surface area (Å²) in [5.41, 5.74) is 0.232. The SMILES string of the molecule is COc1ccc(F)cc1/C(O)=C1\C(=O)C(=O)N(CCN(C)C)C1c1cccc(OC)c1OC. The van der Waals surface area contributed by atoms with Crippen LogP contribution in [-0.4, -0.2) is 75.1 Å². The van der Waals surface area contributed by atoms with E-state index in [0.717, 1.165) is 6.07 Å². The second-order valence-corrected chi connectivity index (χ2v) is 7.72. The Morgan fingerprint density at radius 1 is 1.06 bits per heavy atom. The number of rotatable bonds is 8. The number of methoxy groups -OCH3 is 3. The number of aliphatic hydroxyl groups excluding tert-OH is 1. The fourth-order valence-corrected chi connectivity index (χ4v) is 3.88. The third-order valence-corrected chi connectivity index (χ3v) is 5.47. The Labute approximate surface area is 191 Å². The number of hydrogen-bond donors (Lipinski definition) is 1. The fraction of sp³-hybridized carbons (Fsp3) is 0.333. The highest BCUT2D eigenvalue weighted by Gasteiger charge is 2.47. The van der Waals surface area contributed by atoms with Crippen molar-refractivity contribution in [2.45, 2.75) is 6.04 Å². The van der Waals surface area contributed by atoms with E-state index in [1.54, 1.807) is 18.2 Å². The van der Waals surface area contributed by atoms with Gasteiger partial charge in [-0.25, -0.2) is 4.39 Å². The lowest BCUT2D eigenvalue weighted by molar-refractivity contribution is -0.140. The first-order chi connectivity index (χ1) is 15.7. The van der Waals surface area contributed by atoms with Crippen molar-refractivity contribution in [2.75, 3.05) is 48.5 Å². The Morgan fingerprint density at radius 3 is 2.36 bits per heavy atom. The van der Waals surface area contributed by atoms with Crippen molar-refractivity contribution >= 4 is 17.4 Å². The predicted octanol–water partition coefficient (Wildman–Crippen LogP) is 2.83. The average Bonchev–Trinajstić information content (AvgIpc) is 3.06. The number of Topliss-reactive ketones (excluding diaryl/α,β-unsaturated/α-hetero) is 1. The quantitative estimate of drug-likeness (QED) is 0.370. The topological polar surface area (TPSA) is 88.5 Å². The number of nitrogens with zero attached hydrogens (tertiary/aromatic N) is 2. The first-order valence-corrected chi connectivity index (χ1v) is 10.2. The van der Waals surface area contributed by atoms with Gasteiger partial charge in [0.05, 0.1) is 38.5 Å². The second-order valence-electron chi connectivity index (χ2n) is 7.72. The van der Waals surface area contributed by atoms with Crippen LogP contribution in [-0.2, 0) is 9.59 Å². The number of benzene rings is 2. The van der Waals surface area contributed by atoms with Gasteiger partial charge in [0.25, 0.3) is 11.7 Å². The van der Waals surface area contributed by atoms with Crippen LogP contribution < -0.4 is 14.2 Å². The Kier molecular flexibility index (Phi) is 7.23. The molecule has 1 aliphatic heterocycles. The molecule has 1 fully saturated rings. The number of aliphatic hydroxyl groups is 1. The van der Waals surface area contributed by atoms with E-state index in [0.29, 0.717) is 23.6 Å². The summed E-state index contributed by atoms with van der Waals surface area (Å²) in [5.74, 6) is -1.95. The Morgan fingerprint density at radius 2 is 1.76 bits per heavy atom. The standard InChI is InChI=1S/C24H27FN2O6/c1-26(2)11-12-27-20(15-7-6-8-18(32-4)23(15)33-5)19(22(29)24(27)30)21(28)16-13-14(25)9-10-17(16)31-3/h6-10,13,20,28H,11-12H2,1-5H3/b21-19+. The highest BCUT2D eigenvalue weighted by atomic mass is 19.1. The first kappa shape index (κ1) is 24.1. The summed E-state index contributed by atoms with van der Waals surface area (Å²) in [5, 5.41) is 11.2. The molecule has 2 aromatic rings. The molecular weight excluding hydrogens is 431 g/mol. The predicted molar refractivity (Wildman–Crippen MR) is 120 cm³/mol. The third-order valence-electron chi connectivity index (χ3n) is 5.47. The molecule has 2 aromatic carbocycles. The Balaban J connectivity index is 2.30. The number of para-hydroxylation sites is 1. The molecular formula is C24H27FN2O6. The molecule has 0 radical (unpaired) electrons. The maximum Gasteiger partial charge on any atom is 0.295 e. The van der Waals surface area contributed by atoms with Gasteiger partial charge in [-0.1, -0.05) is 12.1 Å². The third kappa shape index (κ3) is 4.49. The van der Waals surface area contributed by atoms with Crippen LogP contribution in [0.1, 0.15) is 17.2 Å². The van der Waals surface area contributed by atoms with E-state index in [1.165, 1.54) is 38.4 Å². The molecule has 1 aliphatic rings. The molecule has 0 bridgehead atoms. The van der Waals surface area contributed by atoms with Crippen molar-refractivity contribution in [1.82, 2.24) is 9.80 Å². The van der Waals surface area contributed by atoms with Crippen LogP contribution in [0.4, 0.5) is 4.39 Å². The number of likely N-dealkylation sites (N-methyl/N-ethyl adjacent to an activating group) is 1. The van der Waals surface area contributed by atoms with Crippen molar-refractivity contribution in [2.24, 2.45) is 0 Å². The smallest absolute Gasteiger partial charge is 0.295 e. The van der Waals surface area contributed by atoms with Gasteiger partial charge < -0.3 is 29.1 Å². The van der Waals surface area contributed by atoms with E-state index in [2.05, 4.69) is 0 Å². The minimum absolute atomic E-state index is 0.0324. The molecule has 1 atom stereocenters. The number of carbonyl (C=O) groups is 2. The van der Waals surface area contributed by atoms with Gasteiger partial charge in [-0.05, 0) is 38.4 Å². The first-order valence-electron chi connectivity index (χ1n) is 10.2. The number of ketones is 1. The van der Waals surface area contributed by atoms with Gasteiger partial charge in [0, 0.05) is 18.7 Å². The van der Waals surface area contributed by atoms with Gasteiger partial charge >= 0.3 is 0 Å². The molecule has 1 heterocycles. The Bertz CT molecular complexity index is 1100. The molecule has 33 heavy (non-hydrogen) atoms. The monoisotopic (exact) mass is 458 g/mol. The largest absolute Gasteiger partial charge is 0.507 e. The van der Waals surface area contributed by atoms with E-state index in [1.807, 2.05) is 19.0 Å². The maximum absolute atomic E-state index is 14.0. The lowest BCUT2D eigenvalue weighted by Crippen LogP contribution is -2.35. The van der Waals surface area contributed by atoms with E-state index >= 15 is 0 Å². The number of hydrogen-bond acceptors (Lipinski definition) is 7. The Hall–Kier alpha value is -3.59. The van der Waals surface area contributed by atoms with Crippen LogP contribution in [0.15, 0.2) is 42.0 Å². The zero-order valence-corrected chi connectivity index (χ0v) is 19.2. The van der Waals surface area contributed by atoms with Crippen molar-refractivity contribution in [3.63, 3.8) is 0 Å². The summed E-state index contributed by atoms with van der Waals surface area (Å²) in [7, 11) is 7.97. The van der Waals surface area contributed by atoms with Gasteiger partial charge in [-0.15, -0.1) is 0 Å². The summed E-state index contributed by atoms with van der Waals surface area (Å²) < 4.78 is 30.2. The van der Waals surface area contributed by atoms with Crippen molar-refractivity contribution in [1.29, 1.82) is 0 Å². The minimum Gasteiger partial charge on any atom is -0.507 e. The molecule has 1 amide bonds. The molecule has 8 nitrogen and oxygen atoms in total. The van der Waals surface area contributed by atoms with Crippen molar-refractivity contribution < 1.29 is 33.3 Å². The zero-order chi connectivity index (χ0) is 24.3. The lowest BCUT2D eigenvalue weighted by Gasteiger charge is -2.28. The molecule has 9 heteroatoms. The zero-order valence-electron chi connectivity index (χ0n) is 19.2. The molecule has 0 saturated carbocycles. The summed E-state index contributed by atoms with van der Waals surface area (Å²) in [6.45, 7) is 0.679. The van der Waals surface area contributed by atoms with Gasteiger partial charge in [0.15, 0.2) is 11.5 Å². The van der Waals surface area contributed by atoms with Crippen LogP contribution in [0, 0.1) is 5.82 Å². The molecule has 1 saturated heterocycles. The van der Waals surface area contributed by atoms with Gasteiger partial charge in [0.1, 0.15) is 17.3 Å². The molecule has 1 N–H and O–H groups in total. The minimum atomic E-state index is -0.983. The van der Waals surface area contributed by atoms with E-state index in [-0.39, 0.29) is 23.4 Å². The number of ether oxygens (including phenoxy) is 3. The average molecular weight is 458 g/mol. The fourth-order valence-electron chi connectivity index (χ4n) is 3.88. The summed E-state index contributed by atoms with van der Waals surface area (Å²) >= 11 is 0. The number of likely N-dealkylation sites (tertiary alicyclic amines) is 1. The van der Waals surface area contributed by atoms with Gasteiger partial charge in [-0.2, -0.15) is 0 Å². The van der Waals surface area contributed by atoms with Crippen LogP contribution in [0.5, 0.6) is 17.2 Å². The summed E-state index contributed by atoms with van der Waals surface area (Å²) in [6.07, 6.45) is 0. The molecule has 176 valence electrons. The molecule has 0 spiro atoms. The lowest BCUT2D eigenvalue weighted by atomic mass is 9.94. The molecule has 1 unspecified atom stereocenters. The summed E-state index contributed by atoms with van der Waals surface area (Å²) in [4.78, 5) is 29.5. The highest BCUT2D eigenvalue weighted by molar-refractivity contribution is 6.46. The van der Waals surface area contributed by atoms with E-state index in [4.69, 9.17) is 14.2 Å². The number of carbonyl (C=O) groups excluding carboxylic acids is 2. The van der Waals surface area contributed by atoms with Gasteiger partial charge in [-0.3, -0.25) is 9.59 Å². The normalized spacial score (nSPS) is 17.5. The van der Waals surface area contributed by atoms with Gasteiger partial charge in [0.2, 0.25) is 0 Å². The second kappa shape index (κ2) is 9.91. The number of amides is 1. The molecule has 0 aromatic heterocycles. The molecule has 0 aliphatic carbocycles.